The number of rotatable bonds is 3. The van der Waals surface area contributed by atoms with Gasteiger partial charge in [0.15, 0.2) is 0 Å². The van der Waals surface area contributed by atoms with Crippen molar-refractivity contribution in [1.29, 1.82) is 0 Å². The van der Waals surface area contributed by atoms with E-state index in [9.17, 15) is 14.4 Å². The second kappa shape index (κ2) is 10.3. The van der Waals surface area contributed by atoms with Gasteiger partial charge in [0.2, 0.25) is 11.8 Å². The number of hydrogen-bond acceptors (Lipinski definition) is 5. The summed E-state index contributed by atoms with van der Waals surface area (Å²) in [6, 6.07) is 4.84. The molecule has 1 aliphatic carbocycles. The number of fused-ring (bicyclic) bond motifs is 1. The summed E-state index contributed by atoms with van der Waals surface area (Å²) in [6.45, 7) is 6.64. The van der Waals surface area contributed by atoms with E-state index >= 15 is 0 Å². The van der Waals surface area contributed by atoms with Crippen LogP contribution in [0.1, 0.15) is 50.4 Å². The lowest BCUT2D eigenvalue weighted by molar-refractivity contribution is -0.142. The third kappa shape index (κ3) is 5.41. The number of likely N-dealkylation sites (N-methyl/N-ethyl adjacent to an activating group) is 1. The number of anilines is 1. The largest absolute Gasteiger partial charge is 0.491 e. The molecular formula is C24H35N3O5. The van der Waals surface area contributed by atoms with E-state index in [2.05, 4.69) is 12.2 Å². The molecule has 3 rings (SSSR count). The van der Waals surface area contributed by atoms with Crippen molar-refractivity contribution >= 4 is 23.4 Å². The van der Waals surface area contributed by atoms with Crippen LogP contribution in [0.3, 0.4) is 0 Å². The lowest BCUT2D eigenvalue weighted by Crippen LogP contribution is -2.51. The molecule has 0 aromatic heterocycles. The molecule has 3 atom stereocenters. The highest BCUT2D eigenvalue weighted by Crippen LogP contribution is 2.31. The van der Waals surface area contributed by atoms with Crippen molar-refractivity contribution in [2.45, 2.75) is 52.2 Å². The van der Waals surface area contributed by atoms with Crippen molar-refractivity contribution in [3.05, 3.63) is 23.8 Å². The summed E-state index contributed by atoms with van der Waals surface area (Å²) in [5, 5.41) is 2.73. The first-order valence-corrected chi connectivity index (χ1v) is 11.3. The molecular weight excluding hydrogens is 410 g/mol. The zero-order valence-corrected chi connectivity index (χ0v) is 19.7. The van der Waals surface area contributed by atoms with Crippen LogP contribution < -0.4 is 10.1 Å². The molecule has 32 heavy (non-hydrogen) atoms. The zero-order valence-electron chi connectivity index (χ0n) is 19.7. The Morgan fingerprint density at radius 1 is 1.19 bits per heavy atom. The van der Waals surface area contributed by atoms with Gasteiger partial charge in [-0.05, 0) is 31.9 Å². The minimum atomic E-state index is -0.213. The lowest BCUT2D eigenvalue weighted by atomic mass is 9.83. The Labute approximate surface area is 190 Å². The van der Waals surface area contributed by atoms with Crippen molar-refractivity contribution in [2.24, 2.45) is 11.8 Å². The van der Waals surface area contributed by atoms with Crippen LogP contribution in [0.5, 0.6) is 5.75 Å². The Balaban J connectivity index is 1.95. The first-order chi connectivity index (χ1) is 15.2. The summed E-state index contributed by atoms with van der Waals surface area (Å²) in [4.78, 5) is 41.4. The Morgan fingerprint density at radius 3 is 2.50 bits per heavy atom. The monoisotopic (exact) mass is 445 g/mol. The highest BCUT2D eigenvalue weighted by atomic mass is 16.5. The van der Waals surface area contributed by atoms with Gasteiger partial charge in [0.25, 0.3) is 5.91 Å². The summed E-state index contributed by atoms with van der Waals surface area (Å²) < 4.78 is 11.8. The number of methoxy groups -OCH3 is 1. The smallest absolute Gasteiger partial charge is 0.257 e. The molecule has 0 unspecified atom stereocenters. The highest BCUT2D eigenvalue weighted by molar-refractivity contribution is 5.98. The molecule has 1 saturated carbocycles. The fourth-order valence-electron chi connectivity index (χ4n) is 4.25. The molecule has 3 amide bonds. The number of ether oxygens (including phenoxy) is 2. The summed E-state index contributed by atoms with van der Waals surface area (Å²) in [5.74, 6) is 0.300. The van der Waals surface area contributed by atoms with Crippen LogP contribution in [-0.4, -0.2) is 73.5 Å². The standard InChI is InChI=1S/C24H35N3O5/c1-15-12-27(23(29)18-7-6-8-18)16(2)14-32-21-11-19(25-17(3)28)9-10-20(21)24(30)26(4)13-22(15)31-5/h9-11,15-16,18,22H,6-8,12-14H2,1-5H3,(H,25,28)/t15-,16+,22+/m0/s1. The van der Waals surface area contributed by atoms with Gasteiger partial charge in [-0.15, -0.1) is 0 Å². The third-order valence-electron chi connectivity index (χ3n) is 6.50. The predicted octanol–water partition coefficient (Wildman–Crippen LogP) is 2.78. The second-order valence-corrected chi connectivity index (χ2v) is 9.11. The van der Waals surface area contributed by atoms with Crippen LogP contribution in [0.2, 0.25) is 0 Å². The predicted molar refractivity (Wildman–Crippen MR) is 122 cm³/mol. The summed E-state index contributed by atoms with van der Waals surface area (Å²) in [6.07, 6.45) is 2.75. The van der Waals surface area contributed by atoms with Gasteiger partial charge in [-0.3, -0.25) is 14.4 Å². The van der Waals surface area contributed by atoms with E-state index in [1.807, 2.05) is 11.8 Å². The zero-order chi connectivity index (χ0) is 23.4. The van der Waals surface area contributed by atoms with Gasteiger partial charge in [-0.2, -0.15) is 0 Å². The van der Waals surface area contributed by atoms with Gasteiger partial charge in [-0.25, -0.2) is 0 Å². The Hall–Kier alpha value is -2.61. The molecule has 1 aromatic carbocycles. The molecule has 176 valence electrons. The fraction of sp³-hybridized carbons (Fsp3) is 0.625. The second-order valence-electron chi connectivity index (χ2n) is 9.11. The normalized spacial score (nSPS) is 25.0. The molecule has 1 fully saturated rings. The number of benzene rings is 1. The Kier molecular flexibility index (Phi) is 7.77. The van der Waals surface area contributed by atoms with Gasteiger partial charge in [0.1, 0.15) is 12.4 Å². The number of nitrogens with one attached hydrogen (secondary N) is 1. The lowest BCUT2D eigenvalue weighted by Gasteiger charge is -2.39. The van der Waals surface area contributed by atoms with Crippen molar-refractivity contribution in [2.75, 3.05) is 39.2 Å². The Bertz CT molecular complexity index is 854. The third-order valence-corrected chi connectivity index (χ3v) is 6.50. The van der Waals surface area contributed by atoms with E-state index in [0.717, 1.165) is 19.3 Å². The molecule has 1 heterocycles. The molecule has 0 bridgehead atoms. The summed E-state index contributed by atoms with van der Waals surface area (Å²) in [7, 11) is 3.38. The summed E-state index contributed by atoms with van der Waals surface area (Å²) in [5.41, 5.74) is 0.964. The topological polar surface area (TPSA) is 88.2 Å². The average Bonchev–Trinajstić information content (AvgIpc) is 2.70. The van der Waals surface area contributed by atoms with Crippen LogP contribution >= 0.6 is 0 Å². The molecule has 0 spiro atoms. The van der Waals surface area contributed by atoms with E-state index in [-0.39, 0.29) is 48.3 Å². The molecule has 1 aliphatic heterocycles. The highest BCUT2D eigenvalue weighted by Gasteiger charge is 2.35. The van der Waals surface area contributed by atoms with Crippen LogP contribution in [0.4, 0.5) is 5.69 Å². The van der Waals surface area contributed by atoms with E-state index in [4.69, 9.17) is 9.47 Å². The van der Waals surface area contributed by atoms with Gasteiger partial charge in [0, 0.05) is 57.8 Å². The summed E-state index contributed by atoms with van der Waals surface area (Å²) >= 11 is 0. The van der Waals surface area contributed by atoms with Crippen LogP contribution in [0.15, 0.2) is 18.2 Å². The molecule has 8 nitrogen and oxygen atoms in total. The van der Waals surface area contributed by atoms with E-state index in [1.54, 1.807) is 37.3 Å². The maximum atomic E-state index is 13.2. The molecule has 0 saturated heterocycles. The van der Waals surface area contributed by atoms with Gasteiger partial charge >= 0.3 is 0 Å². The maximum absolute atomic E-state index is 13.2. The van der Waals surface area contributed by atoms with Gasteiger partial charge < -0.3 is 24.6 Å². The van der Waals surface area contributed by atoms with E-state index in [0.29, 0.717) is 30.1 Å². The van der Waals surface area contributed by atoms with Crippen LogP contribution in [-0.2, 0) is 14.3 Å². The van der Waals surface area contributed by atoms with Gasteiger partial charge in [-0.1, -0.05) is 13.3 Å². The molecule has 0 radical (unpaired) electrons. The molecule has 2 aliphatic rings. The number of carbonyl (C=O) groups is 3. The number of amides is 3. The number of hydrogen-bond donors (Lipinski definition) is 1. The first kappa shape index (κ1) is 24.0. The first-order valence-electron chi connectivity index (χ1n) is 11.3. The van der Waals surface area contributed by atoms with E-state index < -0.39 is 0 Å². The average molecular weight is 446 g/mol. The van der Waals surface area contributed by atoms with Crippen LogP contribution in [0, 0.1) is 11.8 Å². The minimum absolute atomic E-state index is 0.0442. The minimum Gasteiger partial charge on any atom is -0.491 e. The SMILES string of the molecule is CO[C@@H]1CN(C)C(=O)c2ccc(NC(C)=O)cc2OC[C@@H](C)N(C(=O)C2CCC2)C[C@@H]1C. The Morgan fingerprint density at radius 2 is 1.91 bits per heavy atom. The van der Waals surface area contributed by atoms with Crippen molar-refractivity contribution in [1.82, 2.24) is 9.80 Å². The van der Waals surface area contributed by atoms with E-state index in [1.165, 1.54) is 6.92 Å². The number of carbonyl (C=O) groups excluding carboxylic acids is 3. The molecule has 8 heteroatoms. The van der Waals surface area contributed by atoms with Gasteiger partial charge in [0.05, 0.1) is 17.7 Å². The fourth-order valence-corrected chi connectivity index (χ4v) is 4.25. The van der Waals surface area contributed by atoms with Crippen molar-refractivity contribution < 1.29 is 23.9 Å². The quantitative estimate of drug-likeness (QED) is 0.773. The van der Waals surface area contributed by atoms with Crippen molar-refractivity contribution in [3.63, 3.8) is 0 Å². The maximum Gasteiger partial charge on any atom is 0.257 e. The molecule has 1 N–H and O–H groups in total. The number of nitrogens with zero attached hydrogens (tertiary/aromatic N) is 2. The molecule has 1 aromatic rings. The van der Waals surface area contributed by atoms with Crippen LogP contribution in [0.25, 0.3) is 0 Å². The van der Waals surface area contributed by atoms with Crippen molar-refractivity contribution in [3.8, 4) is 5.75 Å².